The molecule has 1 saturated heterocycles. The molecule has 1 aliphatic heterocycles. The number of hydrogen-bond donors (Lipinski definition) is 2. The Morgan fingerprint density at radius 1 is 1.07 bits per heavy atom. The van der Waals surface area contributed by atoms with E-state index in [0.29, 0.717) is 11.6 Å². The molecule has 142 valence electrons. The third-order valence-corrected chi connectivity index (χ3v) is 5.69. The van der Waals surface area contributed by atoms with Crippen LogP contribution in [-0.4, -0.2) is 63.3 Å². The topological polar surface area (TPSA) is 85.9 Å². The Hall–Kier alpha value is -3.04. The monoisotopic (exact) mass is 392 g/mol. The van der Waals surface area contributed by atoms with Gasteiger partial charge in [-0.2, -0.15) is 5.10 Å². The molecule has 0 unspecified atom stereocenters. The van der Waals surface area contributed by atoms with Gasteiger partial charge in [-0.05, 0) is 31.3 Å². The minimum absolute atomic E-state index is 0.598. The van der Waals surface area contributed by atoms with Crippen LogP contribution in [0.15, 0.2) is 42.0 Å². The summed E-state index contributed by atoms with van der Waals surface area (Å²) < 4.78 is 0. The fourth-order valence-electron chi connectivity index (χ4n) is 3.32. The number of hydrogen-bond acceptors (Lipinski definition) is 8. The van der Waals surface area contributed by atoms with Gasteiger partial charge in [-0.15, -0.1) is 11.3 Å². The van der Waals surface area contributed by atoms with Crippen molar-refractivity contribution in [1.82, 2.24) is 30.0 Å². The maximum absolute atomic E-state index is 4.67. The van der Waals surface area contributed by atoms with Crippen molar-refractivity contribution >= 4 is 39.6 Å². The molecule has 3 aromatic heterocycles. The van der Waals surface area contributed by atoms with Crippen LogP contribution < -0.4 is 10.2 Å². The molecule has 5 rings (SSSR count). The third kappa shape index (κ3) is 3.30. The molecule has 0 saturated carbocycles. The lowest BCUT2D eigenvalue weighted by Crippen LogP contribution is -2.44. The minimum atomic E-state index is 0.598. The van der Waals surface area contributed by atoms with E-state index in [1.54, 1.807) is 12.4 Å². The van der Waals surface area contributed by atoms with E-state index in [-0.39, 0.29) is 0 Å². The highest BCUT2D eigenvalue weighted by molar-refractivity contribution is 7.13. The van der Waals surface area contributed by atoms with Crippen LogP contribution in [0, 0.1) is 0 Å². The van der Waals surface area contributed by atoms with Gasteiger partial charge in [0.05, 0.1) is 6.20 Å². The zero-order chi connectivity index (χ0) is 18.9. The molecule has 8 nitrogen and oxygen atoms in total. The lowest BCUT2D eigenvalue weighted by Gasteiger charge is -2.34. The molecule has 4 heterocycles. The molecule has 0 aliphatic carbocycles. The second-order valence-corrected chi connectivity index (χ2v) is 7.72. The van der Waals surface area contributed by atoms with Crippen molar-refractivity contribution in [3.63, 3.8) is 0 Å². The van der Waals surface area contributed by atoms with Crippen molar-refractivity contribution in [1.29, 1.82) is 0 Å². The quantitative estimate of drug-likeness (QED) is 0.552. The van der Waals surface area contributed by atoms with Gasteiger partial charge in [0.2, 0.25) is 0 Å². The Morgan fingerprint density at radius 3 is 2.64 bits per heavy atom. The van der Waals surface area contributed by atoms with Gasteiger partial charge in [0.15, 0.2) is 16.6 Å². The number of thiazole rings is 1. The first kappa shape index (κ1) is 17.1. The van der Waals surface area contributed by atoms with Gasteiger partial charge in [0.25, 0.3) is 0 Å². The number of fused-ring (bicyclic) bond motifs is 1. The van der Waals surface area contributed by atoms with E-state index in [1.165, 1.54) is 17.0 Å². The number of nitrogens with zero attached hydrogens (tertiary/aromatic N) is 6. The molecule has 0 bridgehead atoms. The first-order valence-electron chi connectivity index (χ1n) is 9.18. The molecule has 2 N–H and O–H groups in total. The molecular weight excluding hydrogens is 372 g/mol. The third-order valence-electron chi connectivity index (χ3n) is 4.92. The number of H-pyrrole nitrogens is 1. The minimum Gasteiger partial charge on any atom is -0.369 e. The van der Waals surface area contributed by atoms with E-state index < -0.39 is 0 Å². The van der Waals surface area contributed by atoms with Crippen LogP contribution in [0.3, 0.4) is 0 Å². The smallest absolute Gasteiger partial charge is 0.191 e. The average molecular weight is 392 g/mol. The number of likely N-dealkylation sites (N-methyl/N-ethyl adjacent to an activating group) is 1. The second kappa shape index (κ2) is 7.17. The zero-order valence-electron chi connectivity index (χ0n) is 15.5. The standard InChI is InChI=1S/C19H20N8S/c1-26-7-9-27(10-8-26)14-4-2-13(3-5-14)22-17-16-15(12-21-25-16)23-18(24-17)19-20-6-11-28-19/h2-6,11-12H,7-10H2,1H3,(H,21,25)(H,22,23,24). The highest BCUT2D eigenvalue weighted by Gasteiger charge is 2.15. The van der Waals surface area contributed by atoms with Crippen molar-refractivity contribution < 1.29 is 0 Å². The molecule has 1 aliphatic rings. The molecule has 0 amide bonds. The summed E-state index contributed by atoms with van der Waals surface area (Å²) in [5.41, 5.74) is 3.76. The maximum Gasteiger partial charge on any atom is 0.191 e. The van der Waals surface area contributed by atoms with Crippen molar-refractivity contribution in [3.05, 3.63) is 42.0 Å². The second-order valence-electron chi connectivity index (χ2n) is 6.83. The Labute approximate surface area is 166 Å². The van der Waals surface area contributed by atoms with E-state index in [0.717, 1.165) is 47.9 Å². The fourth-order valence-corrected chi connectivity index (χ4v) is 3.89. The Balaban J connectivity index is 1.41. The lowest BCUT2D eigenvalue weighted by molar-refractivity contribution is 0.313. The van der Waals surface area contributed by atoms with Crippen LogP contribution in [0.2, 0.25) is 0 Å². The number of benzene rings is 1. The van der Waals surface area contributed by atoms with Crippen molar-refractivity contribution in [2.24, 2.45) is 0 Å². The SMILES string of the molecule is CN1CCN(c2ccc(Nc3nc(-c4nccs4)nc4cn[nH]c34)cc2)CC1. The van der Waals surface area contributed by atoms with Crippen LogP contribution in [0.5, 0.6) is 0 Å². The largest absolute Gasteiger partial charge is 0.369 e. The van der Waals surface area contributed by atoms with Gasteiger partial charge in [-0.3, -0.25) is 5.10 Å². The number of piperazine rings is 1. The van der Waals surface area contributed by atoms with Crippen molar-refractivity contribution in [2.45, 2.75) is 0 Å². The molecule has 0 spiro atoms. The Kier molecular flexibility index (Phi) is 4.38. The Bertz CT molecular complexity index is 1070. The van der Waals surface area contributed by atoms with Gasteiger partial charge in [-0.1, -0.05) is 0 Å². The predicted molar refractivity (Wildman–Crippen MR) is 112 cm³/mol. The molecule has 1 fully saturated rings. The van der Waals surface area contributed by atoms with Crippen molar-refractivity contribution in [3.8, 4) is 10.8 Å². The average Bonchev–Trinajstić information content (AvgIpc) is 3.41. The highest BCUT2D eigenvalue weighted by atomic mass is 32.1. The van der Waals surface area contributed by atoms with Crippen LogP contribution in [0.1, 0.15) is 0 Å². The van der Waals surface area contributed by atoms with E-state index in [2.05, 4.69) is 71.6 Å². The number of rotatable bonds is 4. The maximum atomic E-state index is 4.67. The van der Waals surface area contributed by atoms with Gasteiger partial charge in [-0.25, -0.2) is 15.0 Å². The summed E-state index contributed by atoms with van der Waals surface area (Å²) in [6.45, 7) is 4.30. The summed E-state index contributed by atoms with van der Waals surface area (Å²) in [6.07, 6.45) is 3.46. The summed E-state index contributed by atoms with van der Waals surface area (Å²) in [5.74, 6) is 1.29. The molecule has 28 heavy (non-hydrogen) atoms. The number of aromatic nitrogens is 5. The van der Waals surface area contributed by atoms with Gasteiger partial charge in [0, 0.05) is 49.1 Å². The summed E-state index contributed by atoms with van der Waals surface area (Å²) in [4.78, 5) is 18.3. The van der Waals surface area contributed by atoms with Crippen molar-refractivity contribution in [2.75, 3.05) is 43.4 Å². The number of nitrogens with one attached hydrogen (secondary N) is 2. The predicted octanol–water partition coefficient (Wildman–Crippen LogP) is 2.97. The summed E-state index contributed by atoms with van der Waals surface area (Å²) in [6, 6.07) is 8.48. The van der Waals surface area contributed by atoms with Gasteiger partial charge in [0.1, 0.15) is 11.0 Å². The highest BCUT2D eigenvalue weighted by Crippen LogP contribution is 2.27. The van der Waals surface area contributed by atoms with E-state index in [4.69, 9.17) is 0 Å². The molecule has 0 atom stereocenters. The van der Waals surface area contributed by atoms with E-state index >= 15 is 0 Å². The zero-order valence-corrected chi connectivity index (χ0v) is 16.3. The number of aromatic amines is 1. The molecule has 0 radical (unpaired) electrons. The summed E-state index contributed by atoms with van der Waals surface area (Å²) in [5, 5.41) is 13.2. The van der Waals surface area contributed by atoms with Crippen LogP contribution in [0.25, 0.3) is 21.9 Å². The molecule has 1 aromatic carbocycles. The summed E-state index contributed by atoms with van der Waals surface area (Å²) in [7, 11) is 2.17. The number of anilines is 3. The molecular formula is C19H20N8S. The first-order chi connectivity index (χ1) is 13.8. The fraction of sp³-hybridized carbons (Fsp3) is 0.263. The van der Waals surface area contributed by atoms with Crippen LogP contribution in [-0.2, 0) is 0 Å². The summed E-state index contributed by atoms with van der Waals surface area (Å²) >= 11 is 1.52. The van der Waals surface area contributed by atoms with E-state index in [1.807, 2.05) is 5.38 Å². The van der Waals surface area contributed by atoms with E-state index in [9.17, 15) is 0 Å². The van der Waals surface area contributed by atoms with Gasteiger partial charge >= 0.3 is 0 Å². The normalized spacial score (nSPS) is 15.2. The first-order valence-corrected chi connectivity index (χ1v) is 10.1. The van der Waals surface area contributed by atoms with Crippen LogP contribution in [0.4, 0.5) is 17.2 Å². The van der Waals surface area contributed by atoms with Crippen LogP contribution >= 0.6 is 11.3 Å². The lowest BCUT2D eigenvalue weighted by atomic mass is 10.2. The molecule has 4 aromatic rings. The van der Waals surface area contributed by atoms with Gasteiger partial charge < -0.3 is 15.1 Å². The Morgan fingerprint density at radius 2 is 1.89 bits per heavy atom. The molecule has 9 heteroatoms.